The normalized spacial score (nSPS) is 13.4. The van der Waals surface area contributed by atoms with Crippen molar-refractivity contribution in [1.82, 2.24) is 14.9 Å². The first kappa shape index (κ1) is 23.9. The maximum absolute atomic E-state index is 7.45. The van der Waals surface area contributed by atoms with Crippen LogP contribution >= 0.6 is 23.2 Å². The van der Waals surface area contributed by atoms with Gasteiger partial charge in [0.1, 0.15) is 23.9 Å². The average Bonchev–Trinajstić information content (AvgIpc) is 3.35. The van der Waals surface area contributed by atoms with Gasteiger partial charge in [0, 0.05) is 30.6 Å². The van der Waals surface area contributed by atoms with Gasteiger partial charge in [-0.3, -0.25) is 4.90 Å². The van der Waals surface area contributed by atoms with E-state index in [4.69, 9.17) is 39.2 Å². The number of hydrogen-bond donors (Lipinski definition) is 2. The van der Waals surface area contributed by atoms with E-state index in [-0.39, 0.29) is 5.69 Å². The number of aromatic nitrogens is 2. The van der Waals surface area contributed by atoms with Gasteiger partial charge in [0.2, 0.25) is 11.6 Å². The summed E-state index contributed by atoms with van der Waals surface area (Å²) in [4.78, 5) is 14.6. The monoisotopic (exact) mass is 498 g/mol. The molecule has 8 nitrogen and oxygen atoms in total. The SMILES string of the molecule is [C-]#[N+]c1cnc(Nc2cccc(OCCN3CCCC3)c2)nc1Nc1cc(OC)c(Cl)cc1Cl. The van der Waals surface area contributed by atoms with Crippen LogP contribution in [-0.4, -0.2) is 48.2 Å². The summed E-state index contributed by atoms with van der Waals surface area (Å²) in [5.74, 6) is 1.84. The Bertz CT molecular complexity index is 1190. The Balaban J connectivity index is 1.47. The Kier molecular flexibility index (Phi) is 7.91. The van der Waals surface area contributed by atoms with Gasteiger partial charge in [0.05, 0.1) is 29.4 Å². The zero-order valence-corrected chi connectivity index (χ0v) is 20.2. The van der Waals surface area contributed by atoms with Crippen LogP contribution in [0.2, 0.25) is 10.0 Å². The van der Waals surface area contributed by atoms with Gasteiger partial charge in [-0.15, -0.1) is 0 Å². The van der Waals surface area contributed by atoms with Crippen molar-refractivity contribution >= 4 is 52.0 Å². The second-order valence-electron chi connectivity index (χ2n) is 7.68. The third-order valence-electron chi connectivity index (χ3n) is 5.35. The van der Waals surface area contributed by atoms with E-state index >= 15 is 0 Å². The highest BCUT2D eigenvalue weighted by molar-refractivity contribution is 6.37. The predicted molar refractivity (Wildman–Crippen MR) is 135 cm³/mol. The van der Waals surface area contributed by atoms with Crippen molar-refractivity contribution in [2.24, 2.45) is 0 Å². The Labute approximate surface area is 208 Å². The fourth-order valence-electron chi connectivity index (χ4n) is 3.61. The fraction of sp³-hybridized carbons (Fsp3) is 0.292. The summed E-state index contributed by atoms with van der Waals surface area (Å²) >= 11 is 12.4. The van der Waals surface area contributed by atoms with Gasteiger partial charge in [-0.1, -0.05) is 29.3 Å². The number of anilines is 4. The summed E-state index contributed by atoms with van der Waals surface area (Å²) in [5, 5.41) is 7.00. The van der Waals surface area contributed by atoms with E-state index in [1.807, 2.05) is 24.3 Å². The Hall–Kier alpha value is -3.25. The number of benzene rings is 2. The molecule has 1 fully saturated rings. The number of hydrogen-bond acceptors (Lipinski definition) is 7. The Morgan fingerprint density at radius 1 is 1.12 bits per heavy atom. The van der Waals surface area contributed by atoms with E-state index in [2.05, 4.69) is 30.3 Å². The largest absolute Gasteiger partial charge is 0.495 e. The van der Waals surface area contributed by atoms with E-state index in [1.165, 1.54) is 26.1 Å². The standard InChI is InChI=1S/C24H24Cl2N6O2/c1-27-21-15-28-24(31-23(21)30-20-14-22(33-2)19(26)13-18(20)25)29-16-6-5-7-17(12-16)34-11-10-32-8-3-4-9-32/h5-7,12-15H,3-4,8-11H2,2H3,(H2,28,29,30,31). The molecule has 3 aromatic rings. The van der Waals surface area contributed by atoms with Crippen molar-refractivity contribution in [3.8, 4) is 11.5 Å². The molecule has 34 heavy (non-hydrogen) atoms. The van der Waals surface area contributed by atoms with Crippen LogP contribution in [0.4, 0.5) is 28.8 Å². The van der Waals surface area contributed by atoms with E-state index in [0.717, 1.165) is 31.1 Å². The molecule has 0 bridgehead atoms. The molecular formula is C24H24Cl2N6O2. The smallest absolute Gasteiger partial charge is 0.246 e. The number of methoxy groups -OCH3 is 1. The first-order valence-corrected chi connectivity index (χ1v) is 11.6. The van der Waals surface area contributed by atoms with Crippen molar-refractivity contribution in [1.29, 1.82) is 0 Å². The average molecular weight is 499 g/mol. The minimum atomic E-state index is 0.245. The van der Waals surface area contributed by atoms with Crippen LogP contribution < -0.4 is 20.1 Å². The molecule has 0 amide bonds. The molecule has 1 aliphatic heterocycles. The summed E-state index contributed by atoms with van der Waals surface area (Å²) in [7, 11) is 1.51. The minimum absolute atomic E-state index is 0.245. The molecule has 2 heterocycles. The first-order valence-electron chi connectivity index (χ1n) is 10.8. The molecule has 0 radical (unpaired) electrons. The molecule has 1 aromatic heterocycles. The Morgan fingerprint density at radius 2 is 1.94 bits per heavy atom. The van der Waals surface area contributed by atoms with Crippen molar-refractivity contribution in [3.05, 3.63) is 64.1 Å². The van der Waals surface area contributed by atoms with E-state index in [9.17, 15) is 0 Å². The lowest BCUT2D eigenvalue weighted by Crippen LogP contribution is -2.25. The summed E-state index contributed by atoms with van der Waals surface area (Å²) in [6.07, 6.45) is 3.97. The third-order valence-corrected chi connectivity index (χ3v) is 5.96. The van der Waals surface area contributed by atoms with Crippen LogP contribution in [0, 0.1) is 6.57 Å². The van der Waals surface area contributed by atoms with Gasteiger partial charge in [0.25, 0.3) is 0 Å². The van der Waals surface area contributed by atoms with Crippen molar-refractivity contribution < 1.29 is 9.47 Å². The number of likely N-dealkylation sites (tertiary alicyclic amines) is 1. The highest BCUT2D eigenvalue weighted by Gasteiger charge is 2.14. The molecule has 0 unspecified atom stereocenters. The molecule has 10 heteroatoms. The van der Waals surface area contributed by atoms with Crippen LogP contribution in [0.3, 0.4) is 0 Å². The topological polar surface area (TPSA) is 75.9 Å². The van der Waals surface area contributed by atoms with Gasteiger partial charge in [-0.2, -0.15) is 0 Å². The number of nitrogens with one attached hydrogen (secondary N) is 2. The minimum Gasteiger partial charge on any atom is -0.495 e. The zero-order valence-electron chi connectivity index (χ0n) is 18.6. The predicted octanol–water partition coefficient (Wildman–Crippen LogP) is 6.30. The summed E-state index contributed by atoms with van der Waals surface area (Å²) in [6.45, 7) is 11.3. The lowest BCUT2D eigenvalue weighted by molar-refractivity contribution is 0.238. The van der Waals surface area contributed by atoms with Crippen molar-refractivity contribution in [3.63, 3.8) is 0 Å². The van der Waals surface area contributed by atoms with E-state index < -0.39 is 0 Å². The first-order chi connectivity index (χ1) is 16.6. The maximum atomic E-state index is 7.45. The molecule has 2 aromatic carbocycles. The lowest BCUT2D eigenvalue weighted by atomic mass is 10.3. The van der Waals surface area contributed by atoms with Gasteiger partial charge >= 0.3 is 0 Å². The molecule has 0 atom stereocenters. The fourth-order valence-corrected chi connectivity index (χ4v) is 4.12. The van der Waals surface area contributed by atoms with Gasteiger partial charge < -0.3 is 20.1 Å². The second kappa shape index (κ2) is 11.3. The third kappa shape index (κ3) is 6.00. The number of halogens is 2. The van der Waals surface area contributed by atoms with Crippen LogP contribution in [-0.2, 0) is 0 Å². The van der Waals surface area contributed by atoms with Crippen LogP contribution in [0.5, 0.6) is 11.5 Å². The summed E-state index contributed by atoms with van der Waals surface area (Å²) in [5.41, 5.74) is 1.52. The molecule has 0 saturated carbocycles. The van der Waals surface area contributed by atoms with E-state index in [0.29, 0.717) is 39.9 Å². The highest BCUT2D eigenvalue weighted by atomic mass is 35.5. The molecular weight excluding hydrogens is 475 g/mol. The van der Waals surface area contributed by atoms with E-state index in [1.54, 1.807) is 12.1 Å². The van der Waals surface area contributed by atoms with Gasteiger partial charge in [-0.25, -0.2) is 14.8 Å². The van der Waals surface area contributed by atoms with Gasteiger partial charge in [0.15, 0.2) is 0 Å². The summed E-state index contributed by atoms with van der Waals surface area (Å²) < 4.78 is 11.2. The zero-order chi connectivity index (χ0) is 23.9. The lowest BCUT2D eigenvalue weighted by Gasteiger charge is -2.15. The maximum Gasteiger partial charge on any atom is 0.246 e. The molecule has 0 spiro atoms. The number of ether oxygens (including phenoxy) is 2. The Morgan fingerprint density at radius 3 is 2.71 bits per heavy atom. The van der Waals surface area contributed by atoms with Crippen molar-refractivity contribution in [2.75, 3.05) is 44.0 Å². The van der Waals surface area contributed by atoms with Crippen LogP contribution in [0.1, 0.15) is 12.8 Å². The van der Waals surface area contributed by atoms with Crippen LogP contribution in [0.25, 0.3) is 4.85 Å². The molecule has 176 valence electrons. The van der Waals surface area contributed by atoms with Gasteiger partial charge in [-0.05, 0) is 44.1 Å². The number of nitrogens with zero attached hydrogens (tertiary/aromatic N) is 4. The molecule has 0 aliphatic carbocycles. The summed E-state index contributed by atoms with van der Waals surface area (Å²) in [6, 6.07) is 10.8. The molecule has 1 saturated heterocycles. The van der Waals surface area contributed by atoms with Crippen LogP contribution in [0.15, 0.2) is 42.6 Å². The quantitative estimate of drug-likeness (QED) is 0.335. The van der Waals surface area contributed by atoms with Crippen molar-refractivity contribution in [2.45, 2.75) is 12.8 Å². The highest BCUT2D eigenvalue weighted by Crippen LogP contribution is 2.37. The molecule has 1 aliphatic rings. The molecule has 2 N–H and O–H groups in total. The number of rotatable bonds is 9. The second-order valence-corrected chi connectivity index (χ2v) is 8.50. The molecule has 4 rings (SSSR count).